The Kier molecular flexibility index (Phi) is 16.1. The highest BCUT2D eigenvalue weighted by molar-refractivity contribution is 6.74. The number of benzene rings is 1. The number of hydrogen-bond donors (Lipinski definition) is 0. The van der Waals surface area contributed by atoms with Crippen molar-refractivity contribution < 1.29 is 27.9 Å². The fraction of sp³-hybridized carbons (Fsp3) is 0.583. The van der Waals surface area contributed by atoms with Crippen LogP contribution in [0.5, 0.6) is 5.75 Å². The Balaban J connectivity index is 3.71. The van der Waals surface area contributed by atoms with Crippen LogP contribution in [0.1, 0.15) is 66.9 Å². The van der Waals surface area contributed by atoms with Crippen molar-refractivity contribution >= 4 is 22.6 Å². The molecule has 0 fully saturated rings. The first-order valence-electron chi connectivity index (χ1n) is 15.8. The van der Waals surface area contributed by atoms with Gasteiger partial charge in [0.15, 0.2) is 16.6 Å². The molecule has 0 aliphatic heterocycles. The standard InChI is InChI=1S/C36H58O6Si2/c1-14-20-32(40-34(37)16-3)25-26-36(10,42-44(17-4,18-5)19-6)33(39-28-29-21-23-31(38-11)24-22-29)27-30(15-2)41-43(12,13)35(7,8)9/h2,14,16,21-26,30,32-33H,1,3,17-20,27-28H2,4-13H3/b26-25+/t30-,32+,33+,36+/m0/s1. The number of rotatable bonds is 20. The third kappa shape index (κ3) is 11.8. The summed E-state index contributed by atoms with van der Waals surface area (Å²) in [5, 5.41) is -0.0110. The summed E-state index contributed by atoms with van der Waals surface area (Å²) in [4.78, 5) is 12.1. The summed E-state index contributed by atoms with van der Waals surface area (Å²) in [5.74, 6) is 3.21. The zero-order chi connectivity index (χ0) is 33.6. The van der Waals surface area contributed by atoms with E-state index in [0.29, 0.717) is 19.4 Å². The topological polar surface area (TPSA) is 63.2 Å². The van der Waals surface area contributed by atoms with Gasteiger partial charge in [0.25, 0.3) is 0 Å². The van der Waals surface area contributed by atoms with E-state index in [9.17, 15) is 4.79 Å². The number of methoxy groups -OCH3 is 1. The molecular formula is C36H58O6Si2. The molecule has 0 saturated heterocycles. The number of ether oxygens (including phenoxy) is 3. The maximum Gasteiger partial charge on any atom is 0.330 e. The predicted octanol–water partition coefficient (Wildman–Crippen LogP) is 9.00. The van der Waals surface area contributed by atoms with E-state index in [0.717, 1.165) is 29.4 Å². The molecule has 1 aromatic rings. The first kappa shape index (κ1) is 39.6. The Morgan fingerprint density at radius 2 is 1.64 bits per heavy atom. The zero-order valence-electron chi connectivity index (χ0n) is 29.0. The van der Waals surface area contributed by atoms with Crippen molar-refractivity contribution in [1.29, 1.82) is 0 Å². The van der Waals surface area contributed by atoms with Gasteiger partial charge in [-0.25, -0.2) is 4.79 Å². The molecule has 0 aliphatic rings. The van der Waals surface area contributed by atoms with E-state index in [1.807, 2.05) is 36.4 Å². The van der Waals surface area contributed by atoms with Crippen LogP contribution in [0.25, 0.3) is 0 Å². The third-order valence-electron chi connectivity index (χ3n) is 8.95. The molecule has 0 heterocycles. The highest BCUT2D eigenvalue weighted by Gasteiger charge is 2.45. The molecule has 0 unspecified atom stereocenters. The maximum absolute atomic E-state index is 12.1. The Labute approximate surface area is 270 Å². The molecule has 0 spiro atoms. The van der Waals surface area contributed by atoms with E-state index in [2.05, 4.69) is 80.6 Å². The van der Waals surface area contributed by atoms with Gasteiger partial charge >= 0.3 is 5.97 Å². The Morgan fingerprint density at radius 3 is 2.09 bits per heavy atom. The lowest BCUT2D eigenvalue weighted by molar-refractivity contribution is -0.140. The van der Waals surface area contributed by atoms with E-state index in [4.69, 9.17) is 29.5 Å². The van der Waals surface area contributed by atoms with Gasteiger partial charge in [0.2, 0.25) is 0 Å². The highest BCUT2D eigenvalue weighted by Crippen LogP contribution is 2.39. The minimum atomic E-state index is -2.19. The van der Waals surface area contributed by atoms with Gasteiger partial charge in [0, 0.05) is 18.9 Å². The number of carbonyl (C=O) groups excluding carboxylic acids is 1. The number of hydrogen-bond acceptors (Lipinski definition) is 6. The molecule has 44 heavy (non-hydrogen) atoms. The van der Waals surface area contributed by atoms with Crippen LogP contribution in [0, 0.1) is 12.3 Å². The number of terminal acetylenes is 1. The van der Waals surface area contributed by atoms with Gasteiger partial charge in [-0.2, -0.15) is 0 Å². The molecule has 4 atom stereocenters. The van der Waals surface area contributed by atoms with Crippen molar-refractivity contribution in [2.45, 2.75) is 128 Å². The zero-order valence-corrected chi connectivity index (χ0v) is 31.0. The van der Waals surface area contributed by atoms with Gasteiger partial charge < -0.3 is 23.1 Å². The van der Waals surface area contributed by atoms with Crippen molar-refractivity contribution in [3.8, 4) is 18.1 Å². The lowest BCUT2D eigenvalue weighted by atomic mass is 9.92. The molecule has 0 aromatic heterocycles. The largest absolute Gasteiger partial charge is 0.497 e. The Bertz CT molecular complexity index is 1100. The van der Waals surface area contributed by atoms with E-state index < -0.39 is 46.5 Å². The van der Waals surface area contributed by atoms with E-state index in [1.54, 1.807) is 13.2 Å². The minimum Gasteiger partial charge on any atom is -0.497 e. The first-order chi connectivity index (χ1) is 20.6. The minimum absolute atomic E-state index is 0.0110. The maximum atomic E-state index is 12.1. The fourth-order valence-electron chi connectivity index (χ4n) is 4.73. The van der Waals surface area contributed by atoms with Crippen LogP contribution in [-0.2, 0) is 29.7 Å². The number of esters is 1. The summed E-state index contributed by atoms with van der Waals surface area (Å²) in [5.41, 5.74) is 0.103. The third-order valence-corrected chi connectivity index (χ3v) is 18.2. The Morgan fingerprint density at radius 1 is 1.05 bits per heavy atom. The van der Waals surface area contributed by atoms with Gasteiger partial charge in [-0.15, -0.1) is 13.0 Å². The second-order valence-electron chi connectivity index (χ2n) is 13.0. The monoisotopic (exact) mass is 642 g/mol. The summed E-state index contributed by atoms with van der Waals surface area (Å²) in [6, 6.07) is 10.7. The van der Waals surface area contributed by atoms with Gasteiger partial charge in [-0.1, -0.05) is 78.3 Å². The van der Waals surface area contributed by atoms with Crippen LogP contribution >= 0.6 is 0 Å². The Hall–Kier alpha value is -2.42. The summed E-state index contributed by atoms with van der Waals surface area (Å²) in [7, 11) is -2.72. The van der Waals surface area contributed by atoms with E-state index in [1.165, 1.54) is 6.08 Å². The SMILES string of the molecule is C#C[C@@H](C[C@@H](OCc1ccc(OC)cc1)[C@@](C)(/C=C/[C@@H](CC=C)OC(=O)C=C)O[Si](CC)(CC)CC)O[Si](C)(C)C(C)(C)C. The first-order valence-corrected chi connectivity index (χ1v) is 21.2. The van der Waals surface area contributed by atoms with Crippen LogP contribution in [0.15, 0.2) is 61.7 Å². The second-order valence-corrected chi connectivity index (χ2v) is 22.5. The fourth-order valence-corrected chi connectivity index (χ4v) is 9.02. The van der Waals surface area contributed by atoms with E-state index in [-0.39, 0.29) is 5.04 Å². The normalized spacial score (nSPS) is 15.9. The lowest BCUT2D eigenvalue weighted by Crippen LogP contribution is -2.53. The van der Waals surface area contributed by atoms with Crippen LogP contribution in [0.2, 0.25) is 36.3 Å². The van der Waals surface area contributed by atoms with Crippen molar-refractivity contribution in [2.24, 2.45) is 0 Å². The van der Waals surface area contributed by atoms with Gasteiger partial charge in [0.1, 0.15) is 18.0 Å². The predicted molar refractivity (Wildman–Crippen MR) is 188 cm³/mol. The summed E-state index contributed by atoms with van der Waals surface area (Å²) < 4.78 is 31.7. The summed E-state index contributed by atoms with van der Waals surface area (Å²) in [6.45, 7) is 27.4. The summed E-state index contributed by atoms with van der Waals surface area (Å²) >= 11 is 0. The molecular weight excluding hydrogens is 585 g/mol. The van der Waals surface area contributed by atoms with Crippen molar-refractivity contribution in [1.82, 2.24) is 0 Å². The molecule has 0 amide bonds. The highest BCUT2D eigenvalue weighted by atomic mass is 28.4. The molecule has 6 nitrogen and oxygen atoms in total. The van der Waals surface area contributed by atoms with E-state index >= 15 is 0 Å². The lowest BCUT2D eigenvalue weighted by Gasteiger charge is -2.45. The van der Waals surface area contributed by atoms with Crippen LogP contribution in [-0.4, -0.2) is 53.6 Å². The van der Waals surface area contributed by atoms with Crippen LogP contribution in [0.4, 0.5) is 0 Å². The molecule has 0 aliphatic carbocycles. The molecule has 246 valence electrons. The molecule has 1 rings (SSSR count). The average Bonchev–Trinajstić information content (AvgIpc) is 2.99. The molecule has 8 heteroatoms. The van der Waals surface area contributed by atoms with Crippen molar-refractivity contribution in [3.63, 3.8) is 0 Å². The molecule has 0 radical (unpaired) electrons. The molecule has 1 aromatic carbocycles. The number of carbonyl (C=O) groups is 1. The smallest absolute Gasteiger partial charge is 0.330 e. The van der Waals surface area contributed by atoms with Gasteiger partial charge in [-0.3, -0.25) is 0 Å². The molecule has 0 bridgehead atoms. The summed E-state index contributed by atoms with van der Waals surface area (Å²) in [6.07, 6.45) is 12.3. The second kappa shape index (κ2) is 17.9. The average molecular weight is 643 g/mol. The van der Waals surface area contributed by atoms with Crippen molar-refractivity contribution in [2.75, 3.05) is 7.11 Å². The van der Waals surface area contributed by atoms with Gasteiger partial charge in [-0.05, 0) is 67.0 Å². The van der Waals surface area contributed by atoms with Crippen LogP contribution < -0.4 is 4.74 Å². The molecule has 0 saturated carbocycles. The quantitative estimate of drug-likeness (QED) is 0.0465. The van der Waals surface area contributed by atoms with Crippen LogP contribution in [0.3, 0.4) is 0 Å². The molecule has 0 N–H and O–H groups in total. The van der Waals surface area contributed by atoms with Crippen molar-refractivity contribution in [3.05, 3.63) is 67.3 Å². The van der Waals surface area contributed by atoms with Gasteiger partial charge in [0.05, 0.1) is 25.4 Å².